The lowest BCUT2D eigenvalue weighted by Gasteiger charge is -2.36. The molecular formula is C23H27BrClFN4O4. The first-order chi connectivity index (χ1) is 16.1. The van der Waals surface area contributed by atoms with Crippen LogP contribution in [0.3, 0.4) is 0 Å². The molecule has 4 heterocycles. The fourth-order valence-corrected chi connectivity index (χ4v) is 5.37. The van der Waals surface area contributed by atoms with Gasteiger partial charge in [0.25, 0.3) is 0 Å². The Labute approximate surface area is 210 Å². The van der Waals surface area contributed by atoms with Crippen LogP contribution in [0.5, 0.6) is 6.01 Å². The Morgan fingerprint density at radius 3 is 2.62 bits per heavy atom. The first-order valence-electron chi connectivity index (χ1n) is 11.5. The number of halogens is 3. The van der Waals surface area contributed by atoms with Crippen molar-refractivity contribution in [2.45, 2.75) is 63.8 Å². The van der Waals surface area contributed by atoms with Crippen LogP contribution < -0.4 is 9.64 Å². The summed E-state index contributed by atoms with van der Waals surface area (Å²) in [5.41, 5.74) is -0.437. The lowest BCUT2D eigenvalue weighted by molar-refractivity contribution is 0.0206. The van der Waals surface area contributed by atoms with E-state index in [2.05, 4.69) is 25.8 Å². The zero-order valence-corrected chi connectivity index (χ0v) is 21.7. The monoisotopic (exact) mass is 556 g/mol. The second-order valence-electron chi connectivity index (χ2n) is 9.97. The standard InChI is InChI=1S/C23H27BrClFN4O4/c1-23(2,3)34-22(31)30-11-12-8-13(30)10-29(12)20-15-9-16(24)17(25)18(26)19(15)27-21(28-20)33-14-4-6-32-7-5-14/h9,12-14H,4-8,10-11H2,1-3H3/t12-,13-/m0/s1. The molecule has 1 aromatic carbocycles. The van der Waals surface area contributed by atoms with Crippen LogP contribution >= 0.6 is 27.5 Å². The quantitative estimate of drug-likeness (QED) is 0.495. The molecule has 0 N–H and O–H groups in total. The molecular weight excluding hydrogens is 531 g/mol. The number of anilines is 1. The molecule has 34 heavy (non-hydrogen) atoms. The van der Waals surface area contributed by atoms with Gasteiger partial charge in [-0.15, -0.1) is 0 Å². The van der Waals surface area contributed by atoms with Gasteiger partial charge in [0.2, 0.25) is 0 Å². The van der Waals surface area contributed by atoms with Crippen molar-refractivity contribution >= 4 is 50.3 Å². The van der Waals surface area contributed by atoms with E-state index in [-0.39, 0.29) is 40.8 Å². The molecule has 0 saturated carbocycles. The molecule has 0 aliphatic carbocycles. The van der Waals surface area contributed by atoms with Crippen molar-refractivity contribution in [2.24, 2.45) is 0 Å². The minimum atomic E-state index is -0.619. The van der Waals surface area contributed by atoms with E-state index >= 15 is 4.39 Å². The van der Waals surface area contributed by atoms with E-state index in [1.807, 2.05) is 20.8 Å². The molecule has 0 spiro atoms. The molecule has 184 valence electrons. The number of ether oxygens (including phenoxy) is 3. The molecule has 3 saturated heterocycles. The van der Waals surface area contributed by atoms with Crippen LogP contribution in [0.25, 0.3) is 10.9 Å². The molecule has 0 radical (unpaired) electrons. The first kappa shape index (κ1) is 23.8. The summed E-state index contributed by atoms with van der Waals surface area (Å²) in [5.74, 6) is -0.0362. The number of fused-ring (bicyclic) bond motifs is 3. The van der Waals surface area contributed by atoms with Gasteiger partial charge in [0.05, 0.1) is 30.3 Å². The first-order valence-corrected chi connectivity index (χ1v) is 12.6. The minimum absolute atomic E-state index is 0.00897. The van der Waals surface area contributed by atoms with Gasteiger partial charge >= 0.3 is 12.1 Å². The third-order valence-electron chi connectivity index (χ3n) is 6.37. The molecule has 3 fully saturated rings. The Bertz CT molecular complexity index is 1120. The van der Waals surface area contributed by atoms with Crippen LogP contribution in [0.1, 0.15) is 40.0 Å². The van der Waals surface area contributed by atoms with Gasteiger partial charge in [0.1, 0.15) is 23.0 Å². The average Bonchev–Trinajstić information content (AvgIpc) is 3.38. The van der Waals surface area contributed by atoms with E-state index < -0.39 is 11.4 Å². The van der Waals surface area contributed by atoms with E-state index in [9.17, 15) is 4.79 Å². The van der Waals surface area contributed by atoms with Crippen molar-refractivity contribution in [3.63, 3.8) is 0 Å². The number of aromatic nitrogens is 2. The molecule has 1 amide bonds. The number of carbonyl (C=O) groups is 1. The minimum Gasteiger partial charge on any atom is -0.460 e. The molecule has 11 heteroatoms. The second kappa shape index (κ2) is 8.95. The highest BCUT2D eigenvalue weighted by Crippen LogP contribution is 2.41. The predicted molar refractivity (Wildman–Crippen MR) is 129 cm³/mol. The van der Waals surface area contributed by atoms with Gasteiger partial charge in [-0.2, -0.15) is 9.97 Å². The van der Waals surface area contributed by atoms with Crippen LogP contribution in [-0.2, 0) is 9.47 Å². The Morgan fingerprint density at radius 1 is 1.24 bits per heavy atom. The van der Waals surface area contributed by atoms with Gasteiger partial charge < -0.3 is 24.0 Å². The van der Waals surface area contributed by atoms with Crippen LogP contribution in [0, 0.1) is 5.82 Å². The SMILES string of the molecule is CC(C)(C)OC(=O)N1C[C@@H]2C[C@H]1CN2c1nc(OC2CCOCC2)nc2c(F)c(Cl)c(Br)cc12. The molecule has 3 aliphatic heterocycles. The molecule has 3 aliphatic rings. The van der Waals surface area contributed by atoms with Crippen LogP contribution in [0.2, 0.25) is 5.02 Å². The second-order valence-corrected chi connectivity index (χ2v) is 11.2. The van der Waals surface area contributed by atoms with Crippen LogP contribution in [-0.4, -0.2) is 71.1 Å². The zero-order valence-electron chi connectivity index (χ0n) is 19.3. The van der Waals surface area contributed by atoms with Crippen molar-refractivity contribution < 1.29 is 23.4 Å². The fraction of sp³-hybridized carbons (Fsp3) is 0.609. The van der Waals surface area contributed by atoms with Gasteiger partial charge in [-0.25, -0.2) is 9.18 Å². The third kappa shape index (κ3) is 4.52. The highest BCUT2D eigenvalue weighted by Gasteiger charge is 2.47. The number of hydrogen-bond acceptors (Lipinski definition) is 7. The van der Waals surface area contributed by atoms with Crippen molar-refractivity contribution in [1.29, 1.82) is 0 Å². The normalized spacial score (nSPS) is 23.1. The molecule has 2 bridgehead atoms. The summed E-state index contributed by atoms with van der Waals surface area (Å²) in [6, 6.07) is 1.89. The topological polar surface area (TPSA) is 77.0 Å². The van der Waals surface area contributed by atoms with E-state index in [4.69, 9.17) is 30.8 Å². The van der Waals surface area contributed by atoms with E-state index in [1.165, 1.54) is 0 Å². The molecule has 1 aromatic heterocycles. The fourth-order valence-electron chi connectivity index (χ4n) is 4.82. The summed E-state index contributed by atoms with van der Waals surface area (Å²) in [7, 11) is 0. The Morgan fingerprint density at radius 2 is 1.97 bits per heavy atom. The van der Waals surface area contributed by atoms with E-state index in [0.29, 0.717) is 42.0 Å². The summed E-state index contributed by atoms with van der Waals surface area (Å²) < 4.78 is 32.6. The summed E-state index contributed by atoms with van der Waals surface area (Å²) in [6.45, 7) is 7.86. The van der Waals surface area contributed by atoms with Gasteiger partial charge in [-0.05, 0) is 49.2 Å². The number of benzene rings is 1. The number of nitrogens with zero attached hydrogens (tertiary/aromatic N) is 4. The maximum absolute atomic E-state index is 15.2. The van der Waals surface area contributed by atoms with Gasteiger partial charge in [-0.3, -0.25) is 0 Å². The summed E-state index contributed by atoms with van der Waals surface area (Å²) in [5, 5.41) is 0.512. The smallest absolute Gasteiger partial charge is 0.410 e. The number of likely N-dealkylation sites (tertiary alicyclic amines) is 1. The van der Waals surface area contributed by atoms with Gasteiger partial charge in [0.15, 0.2) is 5.82 Å². The van der Waals surface area contributed by atoms with Crippen LogP contribution in [0.4, 0.5) is 15.0 Å². The summed E-state index contributed by atoms with van der Waals surface area (Å²) in [4.78, 5) is 25.7. The van der Waals surface area contributed by atoms with Crippen molar-refractivity contribution in [3.8, 4) is 6.01 Å². The average molecular weight is 558 g/mol. The Balaban J connectivity index is 1.47. The molecule has 0 unspecified atom stereocenters. The van der Waals surface area contributed by atoms with Crippen molar-refractivity contribution in [1.82, 2.24) is 14.9 Å². The summed E-state index contributed by atoms with van der Waals surface area (Å²) >= 11 is 9.52. The number of piperazine rings is 1. The lowest BCUT2D eigenvalue weighted by Crippen LogP contribution is -2.50. The van der Waals surface area contributed by atoms with Crippen molar-refractivity contribution in [2.75, 3.05) is 31.2 Å². The van der Waals surface area contributed by atoms with Gasteiger partial charge in [-0.1, -0.05) is 11.6 Å². The number of amides is 1. The maximum atomic E-state index is 15.2. The van der Waals surface area contributed by atoms with Gasteiger partial charge in [0, 0.05) is 35.8 Å². The number of carbonyl (C=O) groups excluding carboxylic acids is 1. The summed E-state index contributed by atoms with van der Waals surface area (Å²) in [6.07, 6.45) is 1.83. The molecule has 5 rings (SSSR count). The molecule has 2 aromatic rings. The van der Waals surface area contributed by atoms with Crippen molar-refractivity contribution in [3.05, 3.63) is 21.4 Å². The number of rotatable bonds is 3. The van der Waals surface area contributed by atoms with Crippen LogP contribution in [0.15, 0.2) is 10.5 Å². The van der Waals surface area contributed by atoms with E-state index in [0.717, 1.165) is 19.3 Å². The highest BCUT2D eigenvalue weighted by atomic mass is 79.9. The Hall–Kier alpha value is -1.91. The largest absolute Gasteiger partial charge is 0.460 e. The number of hydrogen-bond donors (Lipinski definition) is 0. The lowest BCUT2D eigenvalue weighted by atomic mass is 10.1. The zero-order chi connectivity index (χ0) is 24.2. The Kier molecular flexibility index (Phi) is 6.27. The molecule has 8 nitrogen and oxygen atoms in total. The maximum Gasteiger partial charge on any atom is 0.410 e. The molecule has 2 atom stereocenters. The highest BCUT2D eigenvalue weighted by molar-refractivity contribution is 9.10. The third-order valence-corrected chi connectivity index (χ3v) is 7.59. The van der Waals surface area contributed by atoms with E-state index in [1.54, 1.807) is 11.0 Å². The predicted octanol–water partition coefficient (Wildman–Crippen LogP) is 4.94.